The lowest BCUT2D eigenvalue weighted by atomic mass is 10.0. The van der Waals surface area contributed by atoms with E-state index >= 15 is 0 Å². The van der Waals surface area contributed by atoms with Crippen molar-refractivity contribution in [2.75, 3.05) is 13.6 Å². The van der Waals surface area contributed by atoms with Gasteiger partial charge in [0.25, 0.3) is 0 Å². The second kappa shape index (κ2) is 6.13. The summed E-state index contributed by atoms with van der Waals surface area (Å²) in [6, 6.07) is 5.06. The molecule has 1 aromatic rings. The van der Waals surface area contributed by atoms with Crippen molar-refractivity contribution in [3.05, 3.63) is 34.9 Å². The van der Waals surface area contributed by atoms with Gasteiger partial charge in [-0.25, -0.2) is 4.79 Å². The van der Waals surface area contributed by atoms with E-state index in [2.05, 4.69) is 5.32 Å². The molecule has 0 spiro atoms. The van der Waals surface area contributed by atoms with Crippen molar-refractivity contribution in [3.8, 4) is 0 Å². The summed E-state index contributed by atoms with van der Waals surface area (Å²) in [5.74, 6) is -2.23. The first-order valence-electron chi connectivity index (χ1n) is 6.41. The summed E-state index contributed by atoms with van der Waals surface area (Å²) in [5, 5.41) is 12.2. The molecule has 1 fully saturated rings. The van der Waals surface area contributed by atoms with Crippen LogP contribution in [-0.2, 0) is 14.4 Å². The number of carbonyl (C=O) groups excluding carboxylic acids is 2. The molecule has 7 heteroatoms. The number of carboxylic acid groups (broad SMARTS) is 1. The molecule has 1 aliphatic rings. The second-order valence-electron chi connectivity index (χ2n) is 5.01. The summed E-state index contributed by atoms with van der Waals surface area (Å²) < 4.78 is 0. The average molecular weight is 311 g/mol. The van der Waals surface area contributed by atoms with E-state index in [0.717, 1.165) is 0 Å². The number of hydrogen-bond acceptors (Lipinski definition) is 3. The van der Waals surface area contributed by atoms with Gasteiger partial charge in [0.2, 0.25) is 11.8 Å². The molecule has 112 valence electrons. The lowest BCUT2D eigenvalue weighted by Crippen LogP contribution is -2.38. The normalized spacial score (nSPS) is 19.4. The highest BCUT2D eigenvalue weighted by molar-refractivity contribution is 6.30. The highest BCUT2D eigenvalue weighted by Crippen LogP contribution is 2.20. The monoisotopic (exact) mass is 310 g/mol. The number of carbonyl (C=O) groups is 3. The van der Waals surface area contributed by atoms with Crippen molar-refractivity contribution >= 4 is 29.4 Å². The number of aliphatic carboxylic acids is 1. The fourth-order valence-electron chi connectivity index (χ4n) is 2.24. The standard InChI is InChI=1S/C14H15ClN2O4/c1-17-7-9(6-11(17)18)13(19)16-12(14(20)21)8-2-4-10(15)5-3-8/h2-5,9,12H,6-7H2,1H3,(H,16,19)(H,20,21). The fraction of sp³-hybridized carbons (Fsp3) is 0.357. The number of hydrogen-bond donors (Lipinski definition) is 2. The minimum atomic E-state index is -1.16. The summed E-state index contributed by atoms with van der Waals surface area (Å²) in [4.78, 5) is 36.3. The van der Waals surface area contributed by atoms with E-state index in [1.54, 1.807) is 31.3 Å². The molecule has 2 atom stereocenters. The Morgan fingerprint density at radius 3 is 2.48 bits per heavy atom. The molecule has 21 heavy (non-hydrogen) atoms. The van der Waals surface area contributed by atoms with Crippen molar-refractivity contribution in [2.45, 2.75) is 12.5 Å². The van der Waals surface area contributed by atoms with Crippen LogP contribution in [0, 0.1) is 5.92 Å². The van der Waals surface area contributed by atoms with Gasteiger partial charge in [-0.05, 0) is 17.7 Å². The molecule has 2 amide bonds. The lowest BCUT2D eigenvalue weighted by molar-refractivity contribution is -0.142. The zero-order valence-electron chi connectivity index (χ0n) is 11.4. The van der Waals surface area contributed by atoms with Gasteiger partial charge in [0, 0.05) is 25.0 Å². The van der Waals surface area contributed by atoms with Crippen LogP contribution < -0.4 is 5.32 Å². The summed E-state index contributed by atoms with van der Waals surface area (Å²) in [6.07, 6.45) is 0.106. The Balaban J connectivity index is 2.10. The van der Waals surface area contributed by atoms with Gasteiger partial charge in [0.05, 0.1) is 5.92 Å². The molecule has 2 N–H and O–H groups in total. The number of likely N-dealkylation sites (tertiary alicyclic amines) is 1. The third-order valence-corrected chi connectivity index (χ3v) is 3.70. The minimum absolute atomic E-state index is 0.106. The van der Waals surface area contributed by atoms with Crippen LogP contribution >= 0.6 is 11.6 Å². The van der Waals surface area contributed by atoms with E-state index in [0.29, 0.717) is 17.1 Å². The fourth-order valence-corrected chi connectivity index (χ4v) is 2.37. The van der Waals surface area contributed by atoms with Crippen molar-refractivity contribution in [1.82, 2.24) is 10.2 Å². The summed E-state index contributed by atoms with van der Waals surface area (Å²) in [7, 11) is 1.61. The number of benzene rings is 1. The SMILES string of the molecule is CN1CC(C(=O)NC(C(=O)O)c2ccc(Cl)cc2)CC1=O. The highest BCUT2D eigenvalue weighted by Gasteiger charge is 2.34. The molecule has 2 unspecified atom stereocenters. The summed E-state index contributed by atoms with van der Waals surface area (Å²) in [5.41, 5.74) is 0.429. The first kappa shape index (κ1) is 15.3. The zero-order valence-corrected chi connectivity index (χ0v) is 12.1. The number of nitrogens with zero attached hydrogens (tertiary/aromatic N) is 1. The number of amides is 2. The zero-order chi connectivity index (χ0) is 15.6. The Kier molecular flexibility index (Phi) is 4.47. The quantitative estimate of drug-likeness (QED) is 0.870. The second-order valence-corrected chi connectivity index (χ2v) is 5.44. The predicted molar refractivity (Wildman–Crippen MR) is 75.7 cm³/mol. The molecule has 1 aliphatic heterocycles. The van der Waals surface area contributed by atoms with Crippen LogP contribution in [0.4, 0.5) is 0 Å². The first-order valence-corrected chi connectivity index (χ1v) is 6.79. The number of rotatable bonds is 4. The molecule has 0 aliphatic carbocycles. The number of carboxylic acids is 1. The topological polar surface area (TPSA) is 86.7 Å². The molecule has 2 rings (SSSR count). The van der Waals surface area contributed by atoms with E-state index in [4.69, 9.17) is 11.6 Å². The summed E-state index contributed by atoms with van der Waals surface area (Å²) in [6.45, 7) is 0.303. The van der Waals surface area contributed by atoms with Crippen LogP contribution in [0.3, 0.4) is 0 Å². The van der Waals surface area contributed by atoms with E-state index in [9.17, 15) is 19.5 Å². The molecule has 0 saturated carbocycles. The van der Waals surface area contributed by atoms with Gasteiger partial charge in [-0.1, -0.05) is 23.7 Å². The Morgan fingerprint density at radius 1 is 1.38 bits per heavy atom. The Labute approximate surface area is 126 Å². The minimum Gasteiger partial charge on any atom is -0.479 e. The maximum Gasteiger partial charge on any atom is 0.330 e. The molecular weight excluding hydrogens is 296 g/mol. The predicted octanol–water partition coefficient (Wildman–Crippen LogP) is 1.06. The third kappa shape index (κ3) is 3.52. The van der Waals surface area contributed by atoms with Crippen LogP contribution in [0.2, 0.25) is 5.02 Å². The van der Waals surface area contributed by atoms with E-state index < -0.39 is 23.8 Å². The van der Waals surface area contributed by atoms with Crippen LogP contribution in [-0.4, -0.2) is 41.4 Å². The lowest BCUT2D eigenvalue weighted by Gasteiger charge is -2.17. The Morgan fingerprint density at radius 2 is 2.00 bits per heavy atom. The molecule has 1 aromatic carbocycles. The van der Waals surface area contributed by atoms with Crippen molar-refractivity contribution in [1.29, 1.82) is 0 Å². The maximum absolute atomic E-state index is 12.1. The van der Waals surface area contributed by atoms with Gasteiger partial charge in [-0.3, -0.25) is 9.59 Å². The molecule has 0 radical (unpaired) electrons. The van der Waals surface area contributed by atoms with Crippen LogP contribution in [0.25, 0.3) is 0 Å². The van der Waals surface area contributed by atoms with Gasteiger partial charge in [-0.2, -0.15) is 0 Å². The molecule has 0 aromatic heterocycles. The van der Waals surface area contributed by atoms with Crippen LogP contribution in [0.5, 0.6) is 0 Å². The van der Waals surface area contributed by atoms with E-state index in [1.165, 1.54) is 4.90 Å². The molecule has 1 heterocycles. The third-order valence-electron chi connectivity index (χ3n) is 3.45. The molecule has 0 bridgehead atoms. The van der Waals surface area contributed by atoms with Crippen LogP contribution in [0.1, 0.15) is 18.0 Å². The molecule has 6 nitrogen and oxygen atoms in total. The van der Waals surface area contributed by atoms with Crippen molar-refractivity contribution in [2.24, 2.45) is 5.92 Å². The number of halogens is 1. The smallest absolute Gasteiger partial charge is 0.330 e. The largest absolute Gasteiger partial charge is 0.479 e. The molecule has 1 saturated heterocycles. The van der Waals surface area contributed by atoms with Crippen molar-refractivity contribution < 1.29 is 19.5 Å². The Hall–Kier alpha value is -2.08. The highest BCUT2D eigenvalue weighted by atomic mass is 35.5. The van der Waals surface area contributed by atoms with Gasteiger partial charge in [0.15, 0.2) is 6.04 Å². The first-order chi connectivity index (χ1) is 9.88. The van der Waals surface area contributed by atoms with E-state index in [1.807, 2.05) is 0 Å². The van der Waals surface area contributed by atoms with Gasteiger partial charge in [-0.15, -0.1) is 0 Å². The van der Waals surface area contributed by atoms with Gasteiger partial charge >= 0.3 is 5.97 Å². The van der Waals surface area contributed by atoms with Crippen molar-refractivity contribution in [3.63, 3.8) is 0 Å². The Bertz CT molecular complexity index is 573. The van der Waals surface area contributed by atoms with Gasteiger partial charge < -0.3 is 15.3 Å². The molecular formula is C14H15ClN2O4. The maximum atomic E-state index is 12.1. The number of nitrogens with one attached hydrogen (secondary N) is 1. The van der Waals surface area contributed by atoms with Gasteiger partial charge in [0.1, 0.15) is 0 Å². The van der Waals surface area contributed by atoms with Crippen LogP contribution in [0.15, 0.2) is 24.3 Å². The summed E-state index contributed by atoms with van der Waals surface area (Å²) >= 11 is 5.76. The average Bonchev–Trinajstić information content (AvgIpc) is 2.77. The van der Waals surface area contributed by atoms with E-state index in [-0.39, 0.29) is 12.3 Å².